The fourth-order valence-electron chi connectivity index (χ4n) is 3.40. The van der Waals surface area contributed by atoms with Crippen LogP contribution in [0, 0.1) is 5.92 Å². The molecule has 7 nitrogen and oxygen atoms in total. The predicted molar refractivity (Wildman–Crippen MR) is 117 cm³/mol. The summed E-state index contributed by atoms with van der Waals surface area (Å²) in [5, 5.41) is 5.79. The Morgan fingerprint density at radius 3 is 2.47 bits per heavy atom. The van der Waals surface area contributed by atoms with Crippen LogP contribution >= 0.6 is 0 Å². The van der Waals surface area contributed by atoms with Gasteiger partial charge in [0.1, 0.15) is 5.75 Å². The zero-order chi connectivity index (χ0) is 21.2. The van der Waals surface area contributed by atoms with Crippen molar-refractivity contribution in [3.05, 3.63) is 54.4 Å². The zero-order valence-electron chi connectivity index (χ0n) is 17.5. The summed E-state index contributed by atoms with van der Waals surface area (Å²) in [5.41, 5.74) is 1.40. The molecular formula is C23H30N4O3. The van der Waals surface area contributed by atoms with Gasteiger partial charge in [-0.3, -0.25) is 9.78 Å². The number of ether oxygens (including phenoxy) is 1. The van der Waals surface area contributed by atoms with Gasteiger partial charge in [-0.25, -0.2) is 4.79 Å². The van der Waals surface area contributed by atoms with E-state index in [0.29, 0.717) is 37.7 Å². The monoisotopic (exact) mass is 410 g/mol. The fourth-order valence-corrected chi connectivity index (χ4v) is 3.40. The first-order valence-electron chi connectivity index (χ1n) is 10.6. The van der Waals surface area contributed by atoms with Crippen LogP contribution in [0.1, 0.15) is 43.0 Å². The van der Waals surface area contributed by atoms with Gasteiger partial charge in [-0.2, -0.15) is 0 Å². The first-order valence-corrected chi connectivity index (χ1v) is 10.6. The standard InChI is InChI=1S/C23H30N4O3/c1-2-3-16-30-21-6-4-20(5-7-21)26-23(29)25-17-18-10-14-27(15-11-18)22(28)19-8-12-24-13-9-19/h4-9,12-13,18H,2-3,10-11,14-17H2,1H3,(H2,25,26,29). The molecule has 30 heavy (non-hydrogen) atoms. The van der Waals surface area contributed by atoms with E-state index in [1.165, 1.54) is 0 Å². The average Bonchev–Trinajstić information content (AvgIpc) is 2.79. The van der Waals surface area contributed by atoms with Crippen molar-refractivity contribution >= 4 is 17.6 Å². The average molecular weight is 411 g/mol. The third-order valence-electron chi connectivity index (χ3n) is 5.26. The van der Waals surface area contributed by atoms with Gasteiger partial charge in [0.25, 0.3) is 5.91 Å². The van der Waals surface area contributed by atoms with Gasteiger partial charge in [0.2, 0.25) is 0 Å². The molecule has 160 valence electrons. The maximum atomic E-state index is 12.5. The molecule has 3 amide bonds. The van der Waals surface area contributed by atoms with Crippen LogP contribution < -0.4 is 15.4 Å². The van der Waals surface area contributed by atoms with E-state index in [1.807, 2.05) is 29.2 Å². The van der Waals surface area contributed by atoms with E-state index < -0.39 is 0 Å². The molecule has 1 fully saturated rings. The number of rotatable bonds is 8. The number of pyridine rings is 1. The largest absolute Gasteiger partial charge is 0.494 e. The minimum Gasteiger partial charge on any atom is -0.494 e. The summed E-state index contributed by atoms with van der Waals surface area (Å²) in [4.78, 5) is 30.5. The highest BCUT2D eigenvalue weighted by Crippen LogP contribution is 2.19. The van der Waals surface area contributed by atoms with Gasteiger partial charge in [-0.05, 0) is 61.6 Å². The van der Waals surface area contributed by atoms with Crippen molar-refractivity contribution in [1.29, 1.82) is 0 Å². The van der Waals surface area contributed by atoms with Crippen molar-refractivity contribution in [3.63, 3.8) is 0 Å². The molecule has 1 aromatic heterocycles. The molecule has 0 bridgehead atoms. The molecule has 0 atom stereocenters. The van der Waals surface area contributed by atoms with E-state index in [2.05, 4.69) is 22.5 Å². The van der Waals surface area contributed by atoms with Gasteiger partial charge < -0.3 is 20.3 Å². The van der Waals surface area contributed by atoms with Gasteiger partial charge in [0, 0.05) is 43.3 Å². The molecule has 2 N–H and O–H groups in total. The summed E-state index contributed by atoms with van der Waals surface area (Å²) in [6.45, 7) is 4.84. The van der Waals surface area contributed by atoms with Crippen molar-refractivity contribution in [2.75, 3.05) is 31.6 Å². The fraction of sp³-hybridized carbons (Fsp3) is 0.435. The van der Waals surface area contributed by atoms with E-state index >= 15 is 0 Å². The molecule has 1 aliphatic rings. The number of hydrogen-bond donors (Lipinski definition) is 2. The number of hydrogen-bond acceptors (Lipinski definition) is 4. The van der Waals surface area contributed by atoms with E-state index in [0.717, 1.165) is 37.1 Å². The Morgan fingerprint density at radius 2 is 1.80 bits per heavy atom. The van der Waals surface area contributed by atoms with Gasteiger partial charge in [0.15, 0.2) is 0 Å². The second kappa shape index (κ2) is 11.2. The molecule has 0 spiro atoms. The van der Waals surface area contributed by atoms with Crippen LogP contribution in [0.3, 0.4) is 0 Å². The molecule has 1 saturated heterocycles. The van der Waals surface area contributed by atoms with Crippen LogP contribution in [0.25, 0.3) is 0 Å². The zero-order valence-corrected chi connectivity index (χ0v) is 17.5. The van der Waals surface area contributed by atoms with Gasteiger partial charge >= 0.3 is 6.03 Å². The summed E-state index contributed by atoms with van der Waals surface area (Å²) >= 11 is 0. The van der Waals surface area contributed by atoms with Crippen molar-refractivity contribution in [2.24, 2.45) is 5.92 Å². The number of carbonyl (C=O) groups is 2. The number of nitrogens with one attached hydrogen (secondary N) is 2. The number of unbranched alkanes of at least 4 members (excludes halogenated alkanes) is 1. The topological polar surface area (TPSA) is 83.6 Å². The molecule has 0 aliphatic carbocycles. The number of benzene rings is 1. The number of nitrogens with zero attached hydrogens (tertiary/aromatic N) is 2. The summed E-state index contributed by atoms with van der Waals surface area (Å²) in [5.74, 6) is 1.22. The van der Waals surface area contributed by atoms with Gasteiger partial charge in [-0.15, -0.1) is 0 Å². The van der Waals surface area contributed by atoms with Crippen molar-refractivity contribution < 1.29 is 14.3 Å². The molecular weight excluding hydrogens is 380 g/mol. The summed E-state index contributed by atoms with van der Waals surface area (Å²) < 4.78 is 5.63. The Balaban J connectivity index is 1.36. The first-order chi connectivity index (χ1) is 14.7. The second-order valence-corrected chi connectivity index (χ2v) is 7.53. The van der Waals surface area contributed by atoms with Crippen LogP contribution in [0.15, 0.2) is 48.8 Å². The third kappa shape index (κ3) is 6.47. The van der Waals surface area contributed by atoms with E-state index in [9.17, 15) is 9.59 Å². The Morgan fingerprint density at radius 1 is 1.10 bits per heavy atom. The van der Waals surface area contributed by atoms with Crippen molar-refractivity contribution in [3.8, 4) is 5.75 Å². The Hall–Kier alpha value is -3.09. The van der Waals surface area contributed by atoms with Crippen LogP contribution in [0.2, 0.25) is 0 Å². The minimum absolute atomic E-state index is 0.0451. The second-order valence-electron chi connectivity index (χ2n) is 7.53. The Bertz CT molecular complexity index is 803. The van der Waals surface area contributed by atoms with Crippen LogP contribution in [-0.4, -0.2) is 48.1 Å². The molecule has 0 unspecified atom stereocenters. The van der Waals surface area contributed by atoms with Gasteiger partial charge in [-0.1, -0.05) is 13.3 Å². The quantitative estimate of drug-likeness (QED) is 0.646. The highest BCUT2D eigenvalue weighted by atomic mass is 16.5. The number of anilines is 1. The highest BCUT2D eigenvalue weighted by molar-refractivity contribution is 5.94. The van der Waals surface area contributed by atoms with Crippen LogP contribution in [0.4, 0.5) is 10.5 Å². The number of amides is 3. The lowest BCUT2D eigenvalue weighted by atomic mass is 9.96. The summed E-state index contributed by atoms with van der Waals surface area (Å²) in [6.07, 6.45) is 7.14. The maximum absolute atomic E-state index is 12.5. The normalized spacial score (nSPS) is 14.2. The van der Waals surface area contributed by atoms with E-state index in [1.54, 1.807) is 24.5 Å². The number of urea groups is 1. The molecule has 0 radical (unpaired) electrons. The van der Waals surface area contributed by atoms with Crippen LogP contribution in [-0.2, 0) is 0 Å². The third-order valence-corrected chi connectivity index (χ3v) is 5.26. The number of likely N-dealkylation sites (tertiary alicyclic amines) is 1. The molecule has 2 heterocycles. The number of piperidine rings is 1. The molecule has 3 rings (SSSR count). The number of carbonyl (C=O) groups excluding carboxylic acids is 2. The molecule has 2 aromatic rings. The lowest BCUT2D eigenvalue weighted by Gasteiger charge is -2.32. The molecule has 0 saturated carbocycles. The predicted octanol–water partition coefficient (Wildman–Crippen LogP) is 3.93. The SMILES string of the molecule is CCCCOc1ccc(NC(=O)NCC2CCN(C(=O)c3ccncc3)CC2)cc1. The lowest BCUT2D eigenvalue weighted by Crippen LogP contribution is -2.42. The smallest absolute Gasteiger partial charge is 0.319 e. The van der Waals surface area contributed by atoms with Crippen molar-refractivity contribution in [1.82, 2.24) is 15.2 Å². The van der Waals surface area contributed by atoms with Gasteiger partial charge in [0.05, 0.1) is 6.61 Å². The van der Waals surface area contributed by atoms with E-state index in [-0.39, 0.29) is 11.9 Å². The Labute approximate surface area is 177 Å². The van der Waals surface area contributed by atoms with Crippen LogP contribution in [0.5, 0.6) is 5.75 Å². The number of aromatic nitrogens is 1. The minimum atomic E-state index is -0.218. The van der Waals surface area contributed by atoms with E-state index in [4.69, 9.17) is 4.74 Å². The molecule has 1 aliphatic heterocycles. The summed E-state index contributed by atoms with van der Waals surface area (Å²) in [6, 6.07) is 10.7. The highest BCUT2D eigenvalue weighted by Gasteiger charge is 2.23. The first kappa shape index (κ1) is 21.6. The summed E-state index contributed by atoms with van der Waals surface area (Å²) in [7, 11) is 0. The maximum Gasteiger partial charge on any atom is 0.319 e. The lowest BCUT2D eigenvalue weighted by molar-refractivity contribution is 0.0690. The Kier molecular flexibility index (Phi) is 8.06. The molecule has 7 heteroatoms. The van der Waals surface area contributed by atoms with Crippen molar-refractivity contribution in [2.45, 2.75) is 32.6 Å². The molecule has 1 aromatic carbocycles.